The maximum absolute atomic E-state index is 13.5. The van der Waals surface area contributed by atoms with Crippen molar-refractivity contribution in [1.82, 2.24) is 15.6 Å². The van der Waals surface area contributed by atoms with Crippen LogP contribution in [0.1, 0.15) is 38.8 Å². The number of carbonyl (C=O) groups is 3. The molecular formula is C29H36N3Na2O7P. The maximum atomic E-state index is 13.5. The molecule has 0 fully saturated rings. The number of carbonyl (C=O) groups excluding carboxylic acids is 3. The normalized spacial score (nSPS) is 14.5. The number of aromatic amines is 1. The molecule has 0 saturated heterocycles. The van der Waals surface area contributed by atoms with Gasteiger partial charge in [-0.2, -0.15) is 0 Å². The Morgan fingerprint density at radius 1 is 0.929 bits per heavy atom. The van der Waals surface area contributed by atoms with Gasteiger partial charge >= 0.3 is 65.2 Å². The molecule has 3 aromatic rings. The van der Waals surface area contributed by atoms with Gasteiger partial charge in [0.25, 0.3) is 0 Å². The summed E-state index contributed by atoms with van der Waals surface area (Å²) in [6.45, 7) is 6.63. The fraction of sp³-hybridized carbons (Fsp3) is 0.414. The summed E-state index contributed by atoms with van der Waals surface area (Å²) in [4.78, 5) is 54.2. The van der Waals surface area contributed by atoms with Crippen molar-refractivity contribution in [2.75, 3.05) is 6.16 Å². The van der Waals surface area contributed by atoms with Crippen LogP contribution < -0.4 is 79.7 Å². The number of H-pyrrole nitrogens is 1. The number of nitrogens with one attached hydrogen (secondary N) is 3. The summed E-state index contributed by atoms with van der Waals surface area (Å²) in [7, 11) is -4.42. The second kappa shape index (κ2) is 17.6. The Kier molecular flexibility index (Phi) is 16.1. The number of carboxylic acids is 1. The molecular weight excluding hydrogens is 579 g/mol. The molecule has 0 aliphatic rings. The van der Waals surface area contributed by atoms with Gasteiger partial charge < -0.3 is 39.7 Å². The summed E-state index contributed by atoms with van der Waals surface area (Å²) < 4.78 is 18.7. The molecule has 0 spiro atoms. The Balaban J connectivity index is 0.00000441. The summed E-state index contributed by atoms with van der Waals surface area (Å²) in [6, 6.07) is 14.9. The van der Waals surface area contributed by atoms with Crippen molar-refractivity contribution in [3.05, 3.63) is 71.9 Å². The minimum absolute atomic E-state index is 0. The van der Waals surface area contributed by atoms with Crippen LogP contribution in [0.25, 0.3) is 10.9 Å². The topological polar surface area (TPSA) is 163 Å². The fourth-order valence-corrected chi connectivity index (χ4v) is 7.15. The van der Waals surface area contributed by atoms with E-state index in [1.807, 2.05) is 30.3 Å². The molecule has 42 heavy (non-hydrogen) atoms. The van der Waals surface area contributed by atoms with Crippen LogP contribution in [-0.2, 0) is 31.9 Å². The number of alkyl carbamates (subject to hydrolysis) is 1. The van der Waals surface area contributed by atoms with Crippen LogP contribution in [-0.4, -0.2) is 40.9 Å². The van der Waals surface area contributed by atoms with Crippen LogP contribution in [0.5, 0.6) is 0 Å². The van der Waals surface area contributed by atoms with Crippen LogP contribution in [0, 0.1) is 17.8 Å². The average Bonchev–Trinajstić information content (AvgIpc) is 3.31. The van der Waals surface area contributed by atoms with E-state index in [1.165, 1.54) is 0 Å². The molecule has 0 aliphatic heterocycles. The number of carboxylic acid groups (broad SMARTS) is 1. The SMILES string of the molecule is CC(C)C(CP(=O)([O-])C(NC(=O)OCc1ccccc1)C(C)C)C(=O)N[C@@H](Cc1c[nH]c2ccccc12)C(=O)[O-].[Na+].[Na+]. The summed E-state index contributed by atoms with van der Waals surface area (Å²) in [6.07, 6.45) is 0.181. The van der Waals surface area contributed by atoms with Gasteiger partial charge in [0.2, 0.25) is 5.91 Å². The van der Waals surface area contributed by atoms with Gasteiger partial charge in [-0.3, -0.25) is 4.79 Å². The van der Waals surface area contributed by atoms with Gasteiger partial charge in [-0.05, 0) is 29.0 Å². The van der Waals surface area contributed by atoms with Crippen molar-refractivity contribution in [2.24, 2.45) is 17.8 Å². The van der Waals surface area contributed by atoms with Crippen molar-refractivity contribution < 1.29 is 92.8 Å². The molecule has 10 nitrogen and oxygen atoms in total. The molecule has 3 unspecified atom stereocenters. The Morgan fingerprint density at radius 3 is 2.14 bits per heavy atom. The predicted molar refractivity (Wildman–Crippen MR) is 148 cm³/mol. The van der Waals surface area contributed by atoms with E-state index in [1.54, 1.807) is 58.2 Å². The van der Waals surface area contributed by atoms with E-state index < -0.39 is 61.1 Å². The first kappa shape index (κ1) is 38.4. The Bertz CT molecular complexity index is 1370. The van der Waals surface area contributed by atoms with Crippen LogP contribution >= 0.6 is 7.37 Å². The second-order valence-electron chi connectivity index (χ2n) is 10.6. The minimum Gasteiger partial charge on any atom is -0.798 e. The Labute approximate surface area is 290 Å². The monoisotopic (exact) mass is 615 g/mol. The Hall–Kier alpha value is -1.62. The quantitative estimate of drug-likeness (QED) is 0.135. The molecule has 1 heterocycles. The minimum atomic E-state index is -4.42. The molecule has 3 rings (SSSR count). The number of aromatic nitrogens is 1. The summed E-state index contributed by atoms with van der Waals surface area (Å²) in [5, 5.41) is 17.7. The third kappa shape index (κ3) is 10.8. The van der Waals surface area contributed by atoms with Crippen LogP contribution in [0.15, 0.2) is 60.8 Å². The van der Waals surface area contributed by atoms with Crippen LogP contribution in [0.2, 0.25) is 0 Å². The standard InChI is InChI=1S/C29H38N3O7P.2Na/c1-18(2)23(26(33)31-25(28(34)35)14-21-15-30-24-13-9-8-12-22(21)24)17-40(37,38)27(19(3)4)32-29(36)39-16-20-10-6-5-7-11-20;;/h5-13,15,18-19,23,25,27,30H,14,16-17H2,1-4H3,(H,31,33)(H,32,36)(H,34,35)(H,37,38);;/q;2*+1/p-2/t23?,25-,27?;;/m0../s1. The number of benzene rings is 2. The summed E-state index contributed by atoms with van der Waals surface area (Å²) in [5.74, 6) is -5.48. The van der Waals surface area contributed by atoms with E-state index >= 15 is 0 Å². The molecule has 13 heteroatoms. The molecule has 3 N–H and O–H groups in total. The number of hydrogen-bond acceptors (Lipinski definition) is 7. The molecule has 2 aromatic carbocycles. The van der Waals surface area contributed by atoms with E-state index in [9.17, 15) is 28.9 Å². The van der Waals surface area contributed by atoms with Crippen molar-refractivity contribution in [2.45, 2.75) is 52.5 Å². The number of aliphatic carboxylic acids is 1. The zero-order valence-corrected chi connectivity index (χ0v) is 30.0. The zero-order valence-electron chi connectivity index (χ0n) is 25.1. The van der Waals surface area contributed by atoms with Crippen LogP contribution in [0.4, 0.5) is 4.79 Å². The fourth-order valence-electron chi connectivity index (χ4n) is 4.58. The number of para-hydroxylation sites is 1. The van der Waals surface area contributed by atoms with Crippen LogP contribution in [0.3, 0.4) is 0 Å². The molecule has 0 aliphatic carbocycles. The number of ether oxygens (including phenoxy) is 1. The van der Waals surface area contributed by atoms with Crippen molar-refractivity contribution >= 4 is 36.2 Å². The van der Waals surface area contributed by atoms with Gasteiger partial charge in [0.1, 0.15) is 6.61 Å². The first-order chi connectivity index (χ1) is 18.9. The summed E-state index contributed by atoms with van der Waals surface area (Å²) >= 11 is 0. The van der Waals surface area contributed by atoms with Gasteiger partial charge in [0, 0.05) is 43.0 Å². The summed E-state index contributed by atoms with van der Waals surface area (Å²) in [5.41, 5.74) is 2.25. The molecule has 0 bridgehead atoms. The third-order valence-electron chi connectivity index (χ3n) is 6.83. The molecule has 0 saturated carbocycles. The number of hydrogen-bond donors (Lipinski definition) is 3. The molecule has 0 radical (unpaired) electrons. The molecule has 1 aromatic heterocycles. The first-order valence-corrected chi connectivity index (χ1v) is 15.1. The van der Waals surface area contributed by atoms with Crippen molar-refractivity contribution in [1.29, 1.82) is 0 Å². The average molecular weight is 616 g/mol. The second-order valence-corrected chi connectivity index (χ2v) is 13.0. The largest absolute Gasteiger partial charge is 1.00 e. The van der Waals surface area contributed by atoms with E-state index in [0.29, 0.717) is 5.56 Å². The van der Waals surface area contributed by atoms with Gasteiger partial charge in [0.15, 0.2) is 0 Å². The van der Waals surface area contributed by atoms with E-state index in [-0.39, 0.29) is 72.1 Å². The molecule has 216 valence electrons. The van der Waals surface area contributed by atoms with Crippen molar-refractivity contribution in [3.63, 3.8) is 0 Å². The van der Waals surface area contributed by atoms with Gasteiger partial charge in [-0.15, -0.1) is 0 Å². The van der Waals surface area contributed by atoms with E-state index in [2.05, 4.69) is 15.6 Å². The molecule has 4 atom stereocenters. The number of rotatable bonds is 13. The Morgan fingerprint density at radius 2 is 1.55 bits per heavy atom. The van der Waals surface area contributed by atoms with Gasteiger partial charge in [-0.25, -0.2) is 4.79 Å². The maximum Gasteiger partial charge on any atom is 1.00 e. The molecule has 2 amide bonds. The third-order valence-corrected chi connectivity index (χ3v) is 9.30. The zero-order chi connectivity index (χ0) is 29.4. The first-order valence-electron chi connectivity index (χ1n) is 13.2. The van der Waals surface area contributed by atoms with Crippen molar-refractivity contribution in [3.8, 4) is 0 Å². The number of amides is 2. The smallest absolute Gasteiger partial charge is 0.798 e. The predicted octanol–water partition coefficient (Wildman–Crippen LogP) is -3.23. The van der Waals surface area contributed by atoms with E-state index in [4.69, 9.17) is 4.74 Å². The number of fused-ring (bicyclic) bond motifs is 1. The van der Waals surface area contributed by atoms with E-state index in [0.717, 1.165) is 16.5 Å². The van der Waals surface area contributed by atoms with Gasteiger partial charge in [0.05, 0.1) is 17.8 Å². The van der Waals surface area contributed by atoms with Gasteiger partial charge in [-0.1, -0.05) is 76.2 Å².